The van der Waals surface area contributed by atoms with E-state index in [0.29, 0.717) is 25.5 Å². The van der Waals surface area contributed by atoms with Crippen molar-refractivity contribution < 1.29 is 14.7 Å². The fourth-order valence-corrected chi connectivity index (χ4v) is 5.58. The SMILES string of the molecule is CN(C)C1(c2ccccc2)CCC(Cc2cccc(CON3CCCC3C(=O)O)c2)CC1. The van der Waals surface area contributed by atoms with Crippen LogP contribution in [-0.2, 0) is 28.2 Å². The van der Waals surface area contributed by atoms with E-state index < -0.39 is 12.0 Å². The molecule has 0 radical (unpaired) electrons. The van der Waals surface area contributed by atoms with Gasteiger partial charge < -0.3 is 5.11 Å². The molecule has 0 bridgehead atoms. The van der Waals surface area contributed by atoms with Crippen LogP contribution in [0.5, 0.6) is 0 Å². The van der Waals surface area contributed by atoms with Gasteiger partial charge >= 0.3 is 5.97 Å². The molecule has 32 heavy (non-hydrogen) atoms. The Morgan fingerprint density at radius 1 is 1.06 bits per heavy atom. The van der Waals surface area contributed by atoms with Gasteiger partial charge in [0, 0.05) is 12.1 Å². The minimum atomic E-state index is -0.794. The number of aliphatic carboxylic acids is 1. The lowest BCUT2D eigenvalue weighted by atomic mass is 9.70. The highest BCUT2D eigenvalue weighted by atomic mass is 16.7. The van der Waals surface area contributed by atoms with Crippen molar-refractivity contribution in [3.8, 4) is 0 Å². The Labute approximate surface area is 191 Å². The van der Waals surface area contributed by atoms with E-state index >= 15 is 0 Å². The largest absolute Gasteiger partial charge is 0.480 e. The zero-order valence-corrected chi connectivity index (χ0v) is 19.4. The van der Waals surface area contributed by atoms with Crippen molar-refractivity contribution in [2.24, 2.45) is 5.92 Å². The van der Waals surface area contributed by atoms with Crippen molar-refractivity contribution >= 4 is 5.97 Å². The van der Waals surface area contributed by atoms with Crippen LogP contribution in [0.2, 0.25) is 0 Å². The van der Waals surface area contributed by atoms with Crippen molar-refractivity contribution in [1.29, 1.82) is 0 Å². The molecule has 1 aliphatic carbocycles. The lowest BCUT2D eigenvalue weighted by Crippen LogP contribution is -2.44. The average Bonchev–Trinajstić information content (AvgIpc) is 3.28. The third-order valence-electron chi connectivity index (χ3n) is 7.50. The van der Waals surface area contributed by atoms with Crippen LogP contribution in [0.3, 0.4) is 0 Å². The number of carbonyl (C=O) groups is 1. The monoisotopic (exact) mass is 436 g/mol. The second-order valence-electron chi connectivity index (χ2n) is 9.67. The van der Waals surface area contributed by atoms with Gasteiger partial charge in [0.1, 0.15) is 6.04 Å². The number of rotatable bonds is 8. The molecule has 4 rings (SSSR count). The molecule has 1 saturated carbocycles. The van der Waals surface area contributed by atoms with Crippen LogP contribution in [-0.4, -0.2) is 47.7 Å². The summed E-state index contributed by atoms with van der Waals surface area (Å²) in [6.45, 7) is 1.12. The van der Waals surface area contributed by atoms with E-state index in [4.69, 9.17) is 4.84 Å². The normalized spacial score (nSPS) is 26.5. The van der Waals surface area contributed by atoms with Crippen LogP contribution in [0, 0.1) is 5.92 Å². The maximum Gasteiger partial charge on any atom is 0.323 e. The first-order valence-electron chi connectivity index (χ1n) is 11.9. The molecule has 1 atom stereocenters. The maximum atomic E-state index is 11.4. The molecule has 1 N–H and O–H groups in total. The molecule has 0 amide bonds. The summed E-state index contributed by atoms with van der Waals surface area (Å²) < 4.78 is 0. The summed E-state index contributed by atoms with van der Waals surface area (Å²) in [4.78, 5) is 19.6. The predicted octanol–water partition coefficient (Wildman–Crippen LogP) is 4.86. The Morgan fingerprint density at radius 3 is 2.47 bits per heavy atom. The highest BCUT2D eigenvalue weighted by Gasteiger charge is 2.38. The molecule has 1 heterocycles. The molecule has 2 aliphatic rings. The summed E-state index contributed by atoms with van der Waals surface area (Å²) in [5.74, 6) is -0.101. The summed E-state index contributed by atoms with van der Waals surface area (Å²) in [5.41, 5.74) is 4.04. The van der Waals surface area contributed by atoms with Gasteiger partial charge in [-0.2, -0.15) is 5.06 Å². The number of nitrogens with zero attached hydrogens (tertiary/aromatic N) is 2. The van der Waals surface area contributed by atoms with Crippen LogP contribution in [0.4, 0.5) is 0 Å². The summed E-state index contributed by atoms with van der Waals surface area (Å²) >= 11 is 0. The zero-order valence-electron chi connectivity index (χ0n) is 19.4. The second-order valence-corrected chi connectivity index (χ2v) is 9.67. The minimum Gasteiger partial charge on any atom is -0.480 e. The molecule has 1 saturated heterocycles. The van der Waals surface area contributed by atoms with Crippen molar-refractivity contribution in [2.45, 2.75) is 63.1 Å². The van der Waals surface area contributed by atoms with Crippen LogP contribution in [0.1, 0.15) is 55.2 Å². The van der Waals surface area contributed by atoms with E-state index in [9.17, 15) is 9.90 Å². The summed E-state index contributed by atoms with van der Waals surface area (Å²) in [7, 11) is 4.43. The summed E-state index contributed by atoms with van der Waals surface area (Å²) in [5, 5.41) is 11.0. The van der Waals surface area contributed by atoms with E-state index in [2.05, 4.69) is 73.6 Å². The molecule has 0 spiro atoms. The van der Waals surface area contributed by atoms with E-state index in [1.165, 1.54) is 36.8 Å². The third-order valence-corrected chi connectivity index (χ3v) is 7.50. The quantitative estimate of drug-likeness (QED) is 0.641. The summed E-state index contributed by atoms with van der Waals surface area (Å²) in [6.07, 6.45) is 7.44. The standard InChI is InChI=1S/C27H36N2O3/c1-28(2)27(24-10-4-3-5-11-24)15-13-21(14-16-27)18-22-8-6-9-23(19-22)20-32-29-17-7-12-25(29)26(30)31/h3-6,8-11,19,21,25H,7,12-18,20H2,1-2H3,(H,30,31). The number of carboxylic acid groups (broad SMARTS) is 1. The molecule has 5 heteroatoms. The van der Waals surface area contributed by atoms with Crippen LogP contribution in [0.25, 0.3) is 0 Å². The van der Waals surface area contributed by atoms with Gasteiger partial charge in [-0.15, -0.1) is 0 Å². The second kappa shape index (κ2) is 10.2. The van der Waals surface area contributed by atoms with E-state index in [1.54, 1.807) is 5.06 Å². The van der Waals surface area contributed by atoms with E-state index in [1.807, 2.05) is 0 Å². The first-order chi connectivity index (χ1) is 15.5. The molecule has 2 aromatic carbocycles. The van der Waals surface area contributed by atoms with Crippen molar-refractivity contribution in [3.63, 3.8) is 0 Å². The molecule has 0 aromatic heterocycles. The van der Waals surface area contributed by atoms with Crippen LogP contribution >= 0.6 is 0 Å². The van der Waals surface area contributed by atoms with Crippen molar-refractivity contribution in [3.05, 3.63) is 71.3 Å². The predicted molar refractivity (Wildman–Crippen MR) is 126 cm³/mol. The highest BCUT2D eigenvalue weighted by Crippen LogP contribution is 2.43. The Morgan fingerprint density at radius 2 is 1.78 bits per heavy atom. The van der Waals surface area contributed by atoms with Gasteiger partial charge in [-0.25, -0.2) is 0 Å². The zero-order chi connectivity index (χ0) is 22.6. The van der Waals surface area contributed by atoms with Crippen LogP contribution in [0.15, 0.2) is 54.6 Å². The molecular weight excluding hydrogens is 400 g/mol. The number of carboxylic acids is 1. The lowest BCUT2D eigenvalue weighted by Gasteiger charge is -2.45. The fraction of sp³-hybridized carbons (Fsp3) is 0.519. The van der Waals surface area contributed by atoms with Crippen LogP contribution < -0.4 is 0 Å². The van der Waals surface area contributed by atoms with Gasteiger partial charge in [-0.3, -0.25) is 14.5 Å². The van der Waals surface area contributed by atoms with Gasteiger partial charge in [-0.05, 0) is 81.6 Å². The van der Waals surface area contributed by atoms with Gasteiger partial charge in [0.05, 0.1) is 6.61 Å². The van der Waals surface area contributed by atoms with Gasteiger partial charge in [-0.1, -0.05) is 54.6 Å². The number of hydroxylamine groups is 2. The highest BCUT2D eigenvalue weighted by molar-refractivity contribution is 5.73. The number of benzene rings is 2. The Hall–Kier alpha value is -2.21. The van der Waals surface area contributed by atoms with Crippen molar-refractivity contribution in [1.82, 2.24) is 9.96 Å². The van der Waals surface area contributed by atoms with E-state index in [0.717, 1.165) is 18.4 Å². The topological polar surface area (TPSA) is 53.0 Å². The Bertz CT molecular complexity index is 891. The van der Waals surface area contributed by atoms with Gasteiger partial charge in [0.15, 0.2) is 0 Å². The first-order valence-corrected chi connectivity index (χ1v) is 11.9. The molecule has 172 valence electrons. The fourth-order valence-electron chi connectivity index (χ4n) is 5.58. The third kappa shape index (κ3) is 5.06. The van der Waals surface area contributed by atoms with Crippen molar-refractivity contribution in [2.75, 3.05) is 20.6 Å². The number of hydrogen-bond acceptors (Lipinski definition) is 4. The maximum absolute atomic E-state index is 11.4. The summed E-state index contributed by atoms with van der Waals surface area (Å²) in [6, 6.07) is 19.1. The Balaban J connectivity index is 1.34. The molecular formula is C27H36N2O3. The molecule has 2 aromatic rings. The average molecular weight is 437 g/mol. The molecule has 1 unspecified atom stereocenters. The molecule has 1 aliphatic heterocycles. The van der Waals surface area contributed by atoms with Gasteiger partial charge in [0.2, 0.25) is 0 Å². The Kier molecular flexibility index (Phi) is 7.29. The molecule has 2 fully saturated rings. The van der Waals surface area contributed by atoms with E-state index in [-0.39, 0.29) is 5.54 Å². The smallest absolute Gasteiger partial charge is 0.323 e. The number of hydrogen-bond donors (Lipinski definition) is 1. The lowest BCUT2D eigenvalue weighted by molar-refractivity contribution is -0.192. The first kappa shape index (κ1) is 23.0. The molecule has 5 nitrogen and oxygen atoms in total. The van der Waals surface area contributed by atoms with Gasteiger partial charge in [0.25, 0.3) is 0 Å². The minimum absolute atomic E-state index is 0.143.